The van der Waals surface area contributed by atoms with Crippen LogP contribution >= 0.6 is 0 Å². The fourth-order valence-electron chi connectivity index (χ4n) is 2.13. The summed E-state index contributed by atoms with van der Waals surface area (Å²) in [6.07, 6.45) is 2.95. The second kappa shape index (κ2) is 8.63. The molecule has 0 bridgehead atoms. The van der Waals surface area contributed by atoms with Gasteiger partial charge in [-0.15, -0.1) is 0 Å². The second-order valence-electron chi connectivity index (χ2n) is 5.02. The number of methoxy groups -OCH3 is 1. The van der Waals surface area contributed by atoms with Crippen LogP contribution in [0.4, 0.5) is 15.8 Å². The third-order valence-corrected chi connectivity index (χ3v) is 3.25. The van der Waals surface area contributed by atoms with Gasteiger partial charge in [-0.25, -0.2) is 14.0 Å². The van der Waals surface area contributed by atoms with Crippen LogP contribution < -0.4 is 5.32 Å². The van der Waals surface area contributed by atoms with Crippen molar-refractivity contribution in [3.05, 3.63) is 65.5 Å². The van der Waals surface area contributed by atoms with E-state index in [9.17, 15) is 14.0 Å². The van der Waals surface area contributed by atoms with Crippen LogP contribution in [0.25, 0.3) is 6.08 Å². The topological polar surface area (TPSA) is 64.6 Å². The molecule has 2 rings (SSSR count). The number of benzene rings is 2. The lowest BCUT2D eigenvalue weighted by molar-refractivity contribution is -0.137. The first kappa shape index (κ1) is 18.2. The van der Waals surface area contributed by atoms with Crippen LogP contribution in [0.5, 0.6) is 0 Å². The summed E-state index contributed by atoms with van der Waals surface area (Å²) in [5.41, 5.74) is 1.94. The average molecular weight is 343 g/mol. The van der Waals surface area contributed by atoms with Gasteiger partial charge in [0.15, 0.2) is 0 Å². The Morgan fingerprint density at radius 2 is 2.00 bits per heavy atom. The average Bonchev–Trinajstić information content (AvgIpc) is 2.61. The molecule has 0 aliphatic rings. The number of anilines is 2. The Kier molecular flexibility index (Phi) is 6.28. The van der Waals surface area contributed by atoms with Gasteiger partial charge in [0.1, 0.15) is 5.82 Å². The standard InChI is InChI=1S/C19H18FNO4/c1-3-25-18(22)10-7-13-5-4-6-15(11-13)21-17-9-8-14(20)12-16(17)19(23)24-2/h4-12,21H,3H2,1-2H3. The van der Waals surface area contributed by atoms with Crippen molar-refractivity contribution in [3.8, 4) is 0 Å². The van der Waals surface area contributed by atoms with Crippen molar-refractivity contribution in [2.75, 3.05) is 19.0 Å². The van der Waals surface area contributed by atoms with Crippen LogP contribution in [-0.2, 0) is 14.3 Å². The normalized spacial score (nSPS) is 10.5. The molecule has 0 atom stereocenters. The van der Waals surface area contributed by atoms with Gasteiger partial charge in [0.25, 0.3) is 0 Å². The van der Waals surface area contributed by atoms with Crippen molar-refractivity contribution in [3.63, 3.8) is 0 Å². The smallest absolute Gasteiger partial charge is 0.340 e. The highest BCUT2D eigenvalue weighted by Crippen LogP contribution is 2.23. The largest absolute Gasteiger partial charge is 0.465 e. The molecule has 0 fully saturated rings. The van der Waals surface area contributed by atoms with Crippen LogP contribution in [0.1, 0.15) is 22.8 Å². The van der Waals surface area contributed by atoms with Crippen LogP contribution in [0, 0.1) is 5.82 Å². The molecule has 0 saturated heterocycles. The number of hydrogen-bond donors (Lipinski definition) is 1. The SMILES string of the molecule is CCOC(=O)C=Cc1cccc(Nc2ccc(F)cc2C(=O)OC)c1. The molecule has 2 aromatic rings. The summed E-state index contributed by atoms with van der Waals surface area (Å²) in [5, 5.41) is 3.05. The molecule has 6 heteroatoms. The van der Waals surface area contributed by atoms with Crippen molar-refractivity contribution >= 4 is 29.4 Å². The van der Waals surface area contributed by atoms with E-state index in [1.54, 1.807) is 31.2 Å². The fourth-order valence-corrected chi connectivity index (χ4v) is 2.13. The minimum atomic E-state index is -0.639. The predicted molar refractivity (Wildman–Crippen MR) is 93.1 cm³/mol. The summed E-state index contributed by atoms with van der Waals surface area (Å²) in [4.78, 5) is 23.2. The fraction of sp³-hybridized carbons (Fsp3) is 0.158. The number of carbonyl (C=O) groups is 2. The van der Waals surface area contributed by atoms with E-state index in [-0.39, 0.29) is 5.56 Å². The minimum Gasteiger partial charge on any atom is -0.465 e. The van der Waals surface area contributed by atoms with Gasteiger partial charge in [0.05, 0.1) is 25.0 Å². The first-order chi connectivity index (χ1) is 12.0. The third-order valence-electron chi connectivity index (χ3n) is 3.25. The van der Waals surface area contributed by atoms with Gasteiger partial charge < -0.3 is 14.8 Å². The maximum atomic E-state index is 13.4. The maximum Gasteiger partial charge on any atom is 0.340 e. The van der Waals surface area contributed by atoms with Crippen LogP contribution in [0.3, 0.4) is 0 Å². The summed E-state index contributed by atoms with van der Waals surface area (Å²) in [6.45, 7) is 2.05. The van der Waals surface area contributed by atoms with Gasteiger partial charge >= 0.3 is 11.9 Å². The van der Waals surface area contributed by atoms with E-state index in [0.29, 0.717) is 18.0 Å². The summed E-state index contributed by atoms with van der Waals surface area (Å²) in [6, 6.07) is 11.0. The zero-order valence-electron chi connectivity index (χ0n) is 13.9. The van der Waals surface area contributed by atoms with Crippen molar-refractivity contribution in [2.24, 2.45) is 0 Å². The lowest BCUT2D eigenvalue weighted by Gasteiger charge is -2.11. The van der Waals surface area contributed by atoms with Gasteiger partial charge in [0, 0.05) is 11.8 Å². The van der Waals surface area contributed by atoms with Crippen molar-refractivity contribution in [1.29, 1.82) is 0 Å². The summed E-state index contributed by atoms with van der Waals surface area (Å²) >= 11 is 0. The molecule has 5 nitrogen and oxygen atoms in total. The van der Waals surface area contributed by atoms with Crippen LogP contribution in [0.15, 0.2) is 48.5 Å². The third kappa shape index (κ3) is 5.17. The van der Waals surface area contributed by atoms with Gasteiger partial charge in [-0.1, -0.05) is 12.1 Å². The van der Waals surface area contributed by atoms with E-state index in [4.69, 9.17) is 4.74 Å². The Labute approximate surface area is 145 Å². The van der Waals surface area contributed by atoms with Crippen LogP contribution in [0.2, 0.25) is 0 Å². The molecule has 25 heavy (non-hydrogen) atoms. The molecule has 130 valence electrons. The molecule has 0 unspecified atom stereocenters. The van der Waals surface area contributed by atoms with Gasteiger partial charge in [-0.2, -0.15) is 0 Å². The lowest BCUT2D eigenvalue weighted by Crippen LogP contribution is -2.06. The first-order valence-electron chi connectivity index (χ1n) is 7.63. The number of esters is 2. The molecule has 1 N–H and O–H groups in total. The molecule has 0 spiro atoms. The van der Waals surface area contributed by atoms with Gasteiger partial charge in [0.2, 0.25) is 0 Å². The van der Waals surface area contributed by atoms with E-state index in [0.717, 1.165) is 11.6 Å². The highest BCUT2D eigenvalue weighted by atomic mass is 19.1. The second-order valence-corrected chi connectivity index (χ2v) is 5.02. The zero-order chi connectivity index (χ0) is 18.2. The quantitative estimate of drug-likeness (QED) is 0.636. The zero-order valence-corrected chi connectivity index (χ0v) is 13.9. The molecular weight excluding hydrogens is 325 g/mol. The van der Waals surface area contributed by atoms with Crippen molar-refractivity contribution in [1.82, 2.24) is 0 Å². The maximum absolute atomic E-state index is 13.4. The Morgan fingerprint density at radius 1 is 1.20 bits per heavy atom. The van der Waals surface area contributed by atoms with E-state index in [1.165, 1.54) is 25.3 Å². The van der Waals surface area contributed by atoms with Crippen LogP contribution in [-0.4, -0.2) is 25.7 Å². The highest BCUT2D eigenvalue weighted by molar-refractivity contribution is 5.96. The monoisotopic (exact) mass is 343 g/mol. The van der Waals surface area contributed by atoms with Gasteiger partial charge in [-0.3, -0.25) is 0 Å². The molecular formula is C19H18FNO4. The summed E-state index contributed by atoms with van der Waals surface area (Å²) in [5.74, 6) is -1.59. The first-order valence-corrected chi connectivity index (χ1v) is 7.63. The molecule has 0 aliphatic heterocycles. The van der Waals surface area contributed by atoms with Crippen molar-refractivity contribution in [2.45, 2.75) is 6.92 Å². The number of rotatable bonds is 6. The highest BCUT2D eigenvalue weighted by Gasteiger charge is 2.13. The van der Waals surface area contributed by atoms with E-state index >= 15 is 0 Å². The van der Waals surface area contributed by atoms with E-state index in [2.05, 4.69) is 10.1 Å². The molecule has 0 heterocycles. The Morgan fingerprint density at radius 3 is 2.72 bits per heavy atom. The number of nitrogens with one attached hydrogen (secondary N) is 1. The molecule has 2 aromatic carbocycles. The molecule has 0 aliphatic carbocycles. The Bertz CT molecular complexity index is 802. The molecule has 0 saturated carbocycles. The molecule has 0 aromatic heterocycles. The minimum absolute atomic E-state index is 0.0926. The number of hydrogen-bond acceptors (Lipinski definition) is 5. The molecule has 0 amide bonds. The molecule has 0 radical (unpaired) electrons. The number of ether oxygens (including phenoxy) is 2. The summed E-state index contributed by atoms with van der Waals surface area (Å²) in [7, 11) is 1.23. The van der Waals surface area contributed by atoms with E-state index < -0.39 is 17.8 Å². The van der Waals surface area contributed by atoms with Crippen molar-refractivity contribution < 1.29 is 23.5 Å². The predicted octanol–water partition coefficient (Wildman–Crippen LogP) is 3.93. The Hall–Kier alpha value is -3.15. The Balaban J connectivity index is 2.23. The van der Waals surface area contributed by atoms with E-state index in [1.807, 2.05) is 6.07 Å². The number of halogens is 1. The lowest BCUT2D eigenvalue weighted by atomic mass is 10.1. The number of carbonyl (C=O) groups excluding carboxylic acids is 2. The van der Waals surface area contributed by atoms with Gasteiger partial charge in [-0.05, 0) is 48.9 Å². The summed E-state index contributed by atoms with van der Waals surface area (Å²) < 4.78 is 22.9.